The molecule has 5 rings (SSSR count). The van der Waals surface area contributed by atoms with Crippen molar-refractivity contribution in [3.63, 3.8) is 0 Å². The number of amides is 3. The normalized spacial score (nSPS) is 17.3. The number of anilines is 1. The van der Waals surface area contributed by atoms with Gasteiger partial charge in [0.2, 0.25) is 17.6 Å². The molecule has 1 unspecified atom stereocenters. The Kier molecular flexibility index (Phi) is 6.59. The lowest BCUT2D eigenvalue weighted by Gasteiger charge is -2.29. The number of ether oxygens (including phenoxy) is 1. The lowest BCUT2D eigenvalue weighted by Crippen LogP contribution is -2.52. The summed E-state index contributed by atoms with van der Waals surface area (Å²) in [4.78, 5) is 42.6. The number of aromatic nitrogens is 2. The van der Waals surface area contributed by atoms with Crippen LogP contribution in [0.1, 0.15) is 53.7 Å². The minimum absolute atomic E-state index is 0.0832. The van der Waals surface area contributed by atoms with E-state index < -0.39 is 11.9 Å². The summed E-state index contributed by atoms with van der Waals surface area (Å²) in [6, 6.07) is 8.81. The van der Waals surface area contributed by atoms with Crippen LogP contribution in [-0.4, -0.2) is 44.9 Å². The van der Waals surface area contributed by atoms with Gasteiger partial charge in [0.05, 0.1) is 16.7 Å². The summed E-state index contributed by atoms with van der Waals surface area (Å²) in [5, 5.41) is 10.0. The highest BCUT2D eigenvalue weighted by Gasteiger charge is 2.39. The Bertz CT molecular complexity index is 1400. The Morgan fingerprint density at radius 3 is 2.76 bits per heavy atom. The minimum Gasteiger partial charge on any atom is -0.489 e. The fourth-order valence-electron chi connectivity index (χ4n) is 4.50. The quantitative estimate of drug-likeness (QED) is 0.447. The molecule has 0 spiro atoms. The summed E-state index contributed by atoms with van der Waals surface area (Å²) in [5.41, 5.74) is 3.80. The number of piperidine rings is 1. The van der Waals surface area contributed by atoms with Crippen LogP contribution in [-0.2, 0) is 22.7 Å². The Hall–Kier alpha value is -3.92. The Morgan fingerprint density at radius 2 is 2.00 bits per heavy atom. The van der Waals surface area contributed by atoms with Crippen LogP contribution < -0.4 is 15.4 Å². The van der Waals surface area contributed by atoms with E-state index in [1.165, 1.54) is 4.90 Å². The number of rotatable bonds is 7. The molecule has 3 amide bonds. The molecule has 192 valence electrons. The lowest BCUT2D eigenvalue weighted by molar-refractivity contribution is -0.136. The molecule has 3 aromatic rings. The van der Waals surface area contributed by atoms with E-state index in [0.717, 1.165) is 16.7 Å². The number of aryl methyl sites for hydroxylation is 1. The van der Waals surface area contributed by atoms with Gasteiger partial charge in [-0.1, -0.05) is 35.0 Å². The number of imide groups is 1. The van der Waals surface area contributed by atoms with Gasteiger partial charge in [-0.2, -0.15) is 4.98 Å². The van der Waals surface area contributed by atoms with E-state index in [-0.39, 0.29) is 30.4 Å². The van der Waals surface area contributed by atoms with Crippen molar-refractivity contribution < 1.29 is 23.6 Å². The van der Waals surface area contributed by atoms with Crippen LogP contribution >= 0.6 is 11.6 Å². The smallest absolute Gasteiger partial charge is 0.322 e. The third kappa shape index (κ3) is 4.89. The van der Waals surface area contributed by atoms with E-state index in [2.05, 4.69) is 20.8 Å². The number of benzene rings is 2. The third-order valence-corrected chi connectivity index (χ3v) is 6.81. The standard InChI is InChI=1S/C26H26ClN5O5/c1-13(2)36-22-18(6-4-14(3)21(22)27)23-30-26(37-31-23)28-11-15-5-7-17-16(10-15)12-32(25(17)35)19-8-9-20(33)29-24(19)34/h4-7,10,13,19H,8-9,11-12H2,1-3H3,(H,28,30,31)(H,29,33,34). The van der Waals surface area contributed by atoms with Gasteiger partial charge in [-0.05, 0) is 56.0 Å². The SMILES string of the molecule is Cc1ccc(-c2noc(NCc3ccc4c(c3)CN(C3CCC(=O)NC3=O)C4=O)n2)c(OC(C)C)c1Cl. The van der Waals surface area contributed by atoms with E-state index in [4.69, 9.17) is 20.9 Å². The van der Waals surface area contributed by atoms with Gasteiger partial charge in [-0.3, -0.25) is 19.7 Å². The molecular formula is C26H26ClN5O5. The van der Waals surface area contributed by atoms with Crippen LogP contribution in [0.25, 0.3) is 11.4 Å². The predicted octanol–water partition coefficient (Wildman–Crippen LogP) is 3.86. The largest absolute Gasteiger partial charge is 0.489 e. The van der Waals surface area contributed by atoms with Crippen LogP contribution in [0.3, 0.4) is 0 Å². The zero-order chi connectivity index (χ0) is 26.3. The summed E-state index contributed by atoms with van der Waals surface area (Å²) < 4.78 is 11.3. The van der Waals surface area contributed by atoms with Crippen molar-refractivity contribution in [2.24, 2.45) is 0 Å². The van der Waals surface area contributed by atoms with Crippen molar-refractivity contribution in [1.29, 1.82) is 0 Å². The van der Waals surface area contributed by atoms with Gasteiger partial charge < -0.3 is 19.5 Å². The van der Waals surface area contributed by atoms with E-state index in [1.807, 2.05) is 45.0 Å². The monoisotopic (exact) mass is 523 g/mol. The van der Waals surface area contributed by atoms with Gasteiger partial charge in [0.25, 0.3) is 5.91 Å². The molecule has 0 saturated carbocycles. The van der Waals surface area contributed by atoms with Crippen LogP contribution in [0.2, 0.25) is 5.02 Å². The predicted molar refractivity (Wildman–Crippen MR) is 135 cm³/mol. The molecule has 11 heteroatoms. The maximum Gasteiger partial charge on any atom is 0.322 e. The summed E-state index contributed by atoms with van der Waals surface area (Å²) >= 11 is 6.48. The first-order valence-electron chi connectivity index (χ1n) is 12.0. The van der Waals surface area contributed by atoms with E-state index in [1.54, 1.807) is 6.07 Å². The highest BCUT2D eigenvalue weighted by atomic mass is 35.5. The second-order valence-corrected chi connectivity index (χ2v) is 9.79. The maximum absolute atomic E-state index is 12.9. The number of hydrogen-bond acceptors (Lipinski definition) is 8. The first-order chi connectivity index (χ1) is 17.7. The number of carbonyl (C=O) groups excluding carboxylic acids is 3. The molecule has 2 N–H and O–H groups in total. The first-order valence-corrected chi connectivity index (χ1v) is 12.4. The van der Waals surface area contributed by atoms with Crippen molar-refractivity contribution in [2.75, 3.05) is 5.32 Å². The minimum atomic E-state index is -0.643. The molecule has 1 atom stereocenters. The molecule has 1 saturated heterocycles. The van der Waals surface area contributed by atoms with Gasteiger partial charge in [-0.15, -0.1) is 0 Å². The second kappa shape index (κ2) is 9.85. The Labute approximate surface area is 218 Å². The van der Waals surface area contributed by atoms with Crippen LogP contribution in [0, 0.1) is 6.92 Å². The number of nitrogens with one attached hydrogen (secondary N) is 2. The molecule has 1 fully saturated rings. The Balaban J connectivity index is 1.28. The summed E-state index contributed by atoms with van der Waals surface area (Å²) in [5.74, 6) is -0.0884. The van der Waals surface area contributed by atoms with Gasteiger partial charge in [-0.25, -0.2) is 0 Å². The molecule has 1 aromatic heterocycles. The van der Waals surface area contributed by atoms with Crippen molar-refractivity contribution >= 4 is 35.3 Å². The zero-order valence-electron chi connectivity index (χ0n) is 20.6. The van der Waals surface area contributed by atoms with Gasteiger partial charge in [0.1, 0.15) is 11.8 Å². The van der Waals surface area contributed by atoms with Crippen LogP contribution in [0.4, 0.5) is 6.01 Å². The van der Waals surface area contributed by atoms with Gasteiger partial charge >= 0.3 is 6.01 Å². The van der Waals surface area contributed by atoms with E-state index in [0.29, 0.717) is 47.2 Å². The number of nitrogens with zero attached hydrogens (tertiary/aromatic N) is 3. The molecule has 0 aliphatic carbocycles. The van der Waals surface area contributed by atoms with Gasteiger partial charge in [0, 0.05) is 25.1 Å². The molecule has 0 bridgehead atoms. The average Bonchev–Trinajstić information content (AvgIpc) is 3.45. The number of fused-ring (bicyclic) bond motifs is 1. The lowest BCUT2D eigenvalue weighted by atomic mass is 10.0. The van der Waals surface area contributed by atoms with Crippen molar-refractivity contribution in [3.8, 4) is 17.1 Å². The van der Waals surface area contributed by atoms with Crippen molar-refractivity contribution in [2.45, 2.75) is 58.8 Å². The average molecular weight is 524 g/mol. The highest BCUT2D eigenvalue weighted by Crippen LogP contribution is 2.38. The third-order valence-electron chi connectivity index (χ3n) is 6.34. The van der Waals surface area contributed by atoms with Crippen molar-refractivity contribution in [3.05, 3.63) is 57.6 Å². The zero-order valence-corrected chi connectivity index (χ0v) is 21.4. The molecule has 0 radical (unpaired) electrons. The summed E-state index contributed by atoms with van der Waals surface area (Å²) in [6.07, 6.45) is 0.465. The first kappa shape index (κ1) is 24.8. The number of carbonyl (C=O) groups is 3. The fraction of sp³-hybridized carbons (Fsp3) is 0.346. The summed E-state index contributed by atoms with van der Waals surface area (Å²) in [6.45, 7) is 6.42. The Morgan fingerprint density at radius 1 is 1.22 bits per heavy atom. The molecule has 2 aliphatic rings. The molecule has 2 aromatic carbocycles. The highest BCUT2D eigenvalue weighted by molar-refractivity contribution is 6.33. The topological polar surface area (TPSA) is 127 Å². The number of halogens is 1. The van der Waals surface area contributed by atoms with E-state index in [9.17, 15) is 14.4 Å². The van der Waals surface area contributed by atoms with E-state index >= 15 is 0 Å². The van der Waals surface area contributed by atoms with Crippen molar-refractivity contribution in [1.82, 2.24) is 20.4 Å². The molecule has 2 aliphatic heterocycles. The molecular weight excluding hydrogens is 498 g/mol. The summed E-state index contributed by atoms with van der Waals surface area (Å²) in [7, 11) is 0. The second-order valence-electron chi connectivity index (χ2n) is 9.41. The van der Waals surface area contributed by atoms with Crippen LogP contribution in [0.5, 0.6) is 5.75 Å². The number of hydrogen-bond donors (Lipinski definition) is 2. The molecule has 3 heterocycles. The maximum atomic E-state index is 12.9. The fourth-order valence-corrected chi connectivity index (χ4v) is 4.71. The van der Waals surface area contributed by atoms with Crippen LogP contribution in [0.15, 0.2) is 34.9 Å². The van der Waals surface area contributed by atoms with Gasteiger partial charge in [0.15, 0.2) is 0 Å². The molecule has 37 heavy (non-hydrogen) atoms. The molecule has 10 nitrogen and oxygen atoms in total.